The molecule has 152 valence electrons. The average molecular weight is 406 g/mol. The van der Waals surface area contributed by atoms with E-state index in [-0.39, 0.29) is 17.5 Å². The summed E-state index contributed by atoms with van der Waals surface area (Å²) in [5.41, 5.74) is 1.19. The van der Waals surface area contributed by atoms with Crippen molar-refractivity contribution in [3.8, 4) is 5.75 Å². The van der Waals surface area contributed by atoms with Crippen LogP contribution in [0.1, 0.15) is 17.7 Å². The van der Waals surface area contributed by atoms with Crippen molar-refractivity contribution in [3.63, 3.8) is 0 Å². The fourth-order valence-electron chi connectivity index (χ4n) is 3.10. The Morgan fingerprint density at radius 2 is 2.07 bits per heavy atom. The SMILES string of the molecule is COc1ccc(CCNC(=NCCc2ccco2)NC2CCS(=O)(=O)C2)cc1. The highest BCUT2D eigenvalue weighted by Crippen LogP contribution is 2.12. The van der Waals surface area contributed by atoms with Gasteiger partial charge in [-0.2, -0.15) is 0 Å². The molecule has 1 fully saturated rings. The van der Waals surface area contributed by atoms with Crippen molar-refractivity contribution in [2.24, 2.45) is 4.99 Å². The van der Waals surface area contributed by atoms with Gasteiger partial charge in [0.05, 0.1) is 24.9 Å². The third-order valence-corrected chi connectivity index (χ3v) is 6.41. The van der Waals surface area contributed by atoms with Gasteiger partial charge in [-0.05, 0) is 42.7 Å². The Labute approximate surface area is 166 Å². The number of nitrogens with one attached hydrogen (secondary N) is 2. The van der Waals surface area contributed by atoms with Gasteiger partial charge in [0, 0.05) is 25.6 Å². The molecule has 0 amide bonds. The van der Waals surface area contributed by atoms with E-state index in [9.17, 15) is 8.42 Å². The number of methoxy groups -OCH3 is 1. The van der Waals surface area contributed by atoms with Crippen LogP contribution in [0.3, 0.4) is 0 Å². The van der Waals surface area contributed by atoms with Crippen LogP contribution in [0.5, 0.6) is 5.75 Å². The summed E-state index contributed by atoms with van der Waals surface area (Å²) >= 11 is 0. The van der Waals surface area contributed by atoms with Crippen molar-refractivity contribution < 1.29 is 17.6 Å². The van der Waals surface area contributed by atoms with E-state index in [1.165, 1.54) is 5.56 Å². The molecule has 1 saturated heterocycles. The van der Waals surface area contributed by atoms with E-state index in [0.29, 0.717) is 31.9 Å². The third kappa shape index (κ3) is 6.30. The molecule has 0 saturated carbocycles. The maximum absolute atomic E-state index is 11.7. The van der Waals surface area contributed by atoms with Gasteiger partial charge in [0.1, 0.15) is 11.5 Å². The summed E-state index contributed by atoms with van der Waals surface area (Å²) in [6.07, 6.45) is 3.78. The van der Waals surface area contributed by atoms with Crippen molar-refractivity contribution in [3.05, 3.63) is 54.0 Å². The lowest BCUT2D eigenvalue weighted by Crippen LogP contribution is -2.44. The van der Waals surface area contributed by atoms with E-state index < -0.39 is 9.84 Å². The Morgan fingerprint density at radius 3 is 2.71 bits per heavy atom. The summed E-state index contributed by atoms with van der Waals surface area (Å²) in [5.74, 6) is 2.74. The zero-order valence-electron chi connectivity index (χ0n) is 16.1. The van der Waals surface area contributed by atoms with Crippen LogP contribution in [-0.4, -0.2) is 52.1 Å². The Kier molecular flexibility index (Phi) is 6.97. The number of aliphatic imine (C=N–C) groups is 1. The number of nitrogens with zero attached hydrogens (tertiary/aromatic N) is 1. The van der Waals surface area contributed by atoms with Gasteiger partial charge >= 0.3 is 0 Å². The number of furan rings is 1. The lowest BCUT2D eigenvalue weighted by atomic mass is 10.1. The average Bonchev–Trinajstić information content (AvgIpc) is 3.31. The van der Waals surface area contributed by atoms with E-state index in [4.69, 9.17) is 9.15 Å². The van der Waals surface area contributed by atoms with Crippen LogP contribution >= 0.6 is 0 Å². The maximum atomic E-state index is 11.7. The predicted molar refractivity (Wildman–Crippen MR) is 110 cm³/mol. The number of guanidine groups is 1. The topological polar surface area (TPSA) is 92.9 Å². The van der Waals surface area contributed by atoms with E-state index >= 15 is 0 Å². The molecule has 2 aromatic rings. The molecule has 3 rings (SSSR count). The molecule has 8 heteroatoms. The molecule has 2 heterocycles. The van der Waals surface area contributed by atoms with Crippen LogP contribution in [0.2, 0.25) is 0 Å². The minimum Gasteiger partial charge on any atom is -0.497 e. The first-order valence-electron chi connectivity index (χ1n) is 9.45. The molecule has 1 unspecified atom stereocenters. The van der Waals surface area contributed by atoms with E-state index in [0.717, 1.165) is 17.9 Å². The second-order valence-corrected chi connectivity index (χ2v) is 9.06. The fourth-order valence-corrected chi connectivity index (χ4v) is 4.78. The van der Waals surface area contributed by atoms with Crippen LogP contribution in [0.4, 0.5) is 0 Å². The van der Waals surface area contributed by atoms with Gasteiger partial charge in [0.25, 0.3) is 0 Å². The third-order valence-electron chi connectivity index (χ3n) is 4.65. The Hall–Kier alpha value is -2.48. The number of sulfone groups is 1. The van der Waals surface area contributed by atoms with Crippen LogP contribution in [0.25, 0.3) is 0 Å². The Bertz CT molecular complexity index is 861. The van der Waals surface area contributed by atoms with Crippen LogP contribution in [0, 0.1) is 0 Å². The zero-order chi connectivity index (χ0) is 19.8. The summed E-state index contributed by atoms with van der Waals surface area (Å²) in [6, 6.07) is 11.6. The van der Waals surface area contributed by atoms with Gasteiger partial charge in [0.15, 0.2) is 15.8 Å². The predicted octanol–water partition coefficient (Wildman–Crippen LogP) is 1.80. The molecule has 1 aromatic heterocycles. The maximum Gasteiger partial charge on any atom is 0.191 e. The normalized spacial score (nSPS) is 18.8. The van der Waals surface area contributed by atoms with Crippen molar-refractivity contribution in [1.29, 1.82) is 0 Å². The summed E-state index contributed by atoms with van der Waals surface area (Å²) in [4.78, 5) is 4.59. The summed E-state index contributed by atoms with van der Waals surface area (Å²) in [6.45, 7) is 1.25. The molecular formula is C20H27N3O4S. The van der Waals surface area contributed by atoms with Crippen LogP contribution in [0.15, 0.2) is 52.1 Å². The van der Waals surface area contributed by atoms with Gasteiger partial charge in [-0.25, -0.2) is 8.42 Å². The first-order chi connectivity index (χ1) is 13.5. The van der Waals surface area contributed by atoms with Gasteiger partial charge in [0.2, 0.25) is 0 Å². The molecular weight excluding hydrogens is 378 g/mol. The van der Waals surface area contributed by atoms with Crippen LogP contribution < -0.4 is 15.4 Å². The van der Waals surface area contributed by atoms with Gasteiger partial charge in [-0.3, -0.25) is 4.99 Å². The molecule has 0 bridgehead atoms. The van der Waals surface area contributed by atoms with E-state index in [2.05, 4.69) is 15.6 Å². The molecule has 1 atom stereocenters. The second kappa shape index (κ2) is 9.64. The molecule has 0 radical (unpaired) electrons. The first kappa shape index (κ1) is 20.3. The summed E-state index contributed by atoms with van der Waals surface area (Å²) < 4.78 is 34.0. The zero-order valence-corrected chi connectivity index (χ0v) is 16.9. The highest BCUT2D eigenvalue weighted by molar-refractivity contribution is 7.91. The van der Waals surface area contributed by atoms with Crippen molar-refractivity contribution in [2.45, 2.75) is 25.3 Å². The smallest absolute Gasteiger partial charge is 0.191 e. The monoisotopic (exact) mass is 405 g/mol. The Balaban J connectivity index is 1.54. The largest absolute Gasteiger partial charge is 0.497 e. The highest BCUT2D eigenvalue weighted by atomic mass is 32.2. The number of benzene rings is 1. The van der Waals surface area contributed by atoms with Gasteiger partial charge in [-0.15, -0.1) is 0 Å². The lowest BCUT2D eigenvalue weighted by molar-refractivity contribution is 0.414. The minimum absolute atomic E-state index is 0.0964. The minimum atomic E-state index is -2.94. The molecule has 1 aromatic carbocycles. The van der Waals surface area contributed by atoms with E-state index in [1.54, 1.807) is 13.4 Å². The molecule has 1 aliphatic rings. The van der Waals surface area contributed by atoms with Gasteiger partial charge < -0.3 is 19.8 Å². The molecule has 28 heavy (non-hydrogen) atoms. The molecule has 0 aliphatic carbocycles. The quantitative estimate of drug-likeness (QED) is 0.514. The second-order valence-electron chi connectivity index (χ2n) is 6.83. The summed E-state index contributed by atoms with van der Waals surface area (Å²) in [5, 5.41) is 6.58. The van der Waals surface area contributed by atoms with E-state index in [1.807, 2.05) is 36.4 Å². The molecule has 0 spiro atoms. The number of hydrogen-bond donors (Lipinski definition) is 2. The van der Waals surface area contributed by atoms with Crippen LogP contribution in [-0.2, 0) is 22.7 Å². The first-order valence-corrected chi connectivity index (χ1v) is 11.3. The summed E-state index contributed by atoms with van der Waals surface area (Å²) in [7, 11) is -1.29. The number of rotatable bonds is 8. The molecule has 7 nitrogen and oxygen atoms in total. The van der Waals surface area contributed by atoms with Gasteiger partial charge in [-0.1, -0.05) is 12.1 Å². The molecule has 1 aliphatic heterocycles. The number of ether oxygens (including phenoxy) is 1. The Morgan fingerprint density at radius 1 is 1.25 bits per heavy atom. The van der Waals surface area contributed by atoms with Crippen molar-refractivity contribution in [1.82, 2.24) is 10.6 Å². The lowest BCUT2D eigenvalue weighted by Gasteiger charge is -2.17. The fraction of sp³-hybridized carbons (Fsp3) is 0.450. The number of hydrogen-bond acceptors (Lipinski definition) is 5. The highest BCUT2D eigenvalue weighted by Gasteiger charge is 2.28. The molecule has 2 N–H and O–H groups in total. The van der Waals surface area contributed by atoms with Crippen molar-refractivity contribution >= 4 is 15.8 Å². The van der Waals surface area contributed by atoms with Crippen molar-refractivity contribution in [2.75, 3.05) is 31.7 Å². The standard InChI is InChI=1S/C20H27N3O4S/c1-26-18-6-4-16(5-7-18)8-11-21-20(22-12-9-19-3-2-13-27-19)23-17-10-14-28(24,25)15-17/h2-7,13,17H,8-12,14-15H2,1H3,(H2,21,22,23).